The number of nitrogens with one attached hydrogen (secondary N) is 1. The summed E-state index contributed by atoms with van der Waals surface area (Å²) >= 11 is 0. The summed E-state index contributed by atoms with van der Waals surface area (Å²) in [5, 5.41) is 20.7. The van der Waals surface area contributed by atoms with Gasteiger partial charge in [0.05, 0.1) is 12.5 Å². The zero-order valence-electron chi connectivity index (χ0n) is 18.9. The number of anilines is 1. The van der Waals surface area contributed by atoms with Gasteiger partial charge >= 0.3 is 5.97 Å². The van der Waals surface area contributed by atoms with E-state index in [2.05, 4.69) is 29.8 Å². The van der Waals surface area contributed by atoms with Crippen LogP contribution in [0.1, 0.15) is 42.8 Å². The van der Waals surface area contributed by atoms with Gasteiger partial charge in [-0.2, -0.15) is 10.5 Å². The standard InChI is InChI=1S/C25H28N4O3/c1-17(2)10-12-29-18(3)13-21(19(29)4)14-22(15-27)25(31)32-16-24(30)28-23-7-5-20(6-8-23)9-11-26/h5-8,13-14,17H,9-10,12,16H2,1-4H3,(H,28,30)/b22-14+. The summed E-state index contributed by atoms with van der Waals surface area (Å²) in [7, 11) is 0. The molecule has 0 fully saturated rings. The second kappa shape index (κ2) is 11.5. The topological polar surface area (TPSA) is 108 Å². The van der Waals surface area contributed by atoms with Crippen LogP contribution in [0, 0.1) is 42.4 Å². The Kier molecular flexibility index (Phi) is 8.80. The molecular weight excluding hydrogens is 404 g/mol. The lowest BCUT2D eigenvalue weighted by atomic mass is 10.1. The maximum atomic E-state index is 12.3. The summed E-state index contributed by atoms with van der Waals surface area (Å²) in [4.78, 5) is 24.4. The number of ether oxygens (including phenoxy) is 1. The fourth-order valence-corrected chi connectivity index (χ4v) is 3.20. The van der Waals surface area contributed by atoms with E-state index < -0.39 is 18.5 Å². The Morgan fingerprint density at radius 3 is 2.47 bits per heavy atom. The number of aryl methyl sites for hydroxylation is 1. The highest BCUT2D eigenvalue weighted by molar-refractivity contribution is 6.00. The Morgan fingerprint density at radius 2 is 1.88 bits per heavy atom. The van der Waals surface area contributed by atoms with Crippen molar-refractivity contribution in [1.29, 1.82) is 10.5 Å². The number of rotatable bonds is 9. The SMILES string of the molecule is Cc1cc(/C=C(\C#N)C(=O)OCC(=O)Nc2ccc(CC#N)cc2)c(C)n1CCC(C)C. The third kappa shape index (κ3) is 6.85. The van der Waals surface area contributed by atoms with Crippen molar-refractivity contribution in [3.8, 4) is 12.1 Å². The van der Waals surface area contributed by atoms with Crippen molar-refractivity contribution in [2.75, 3.05) is 11.9 Å². The van der Waals surface area contributed by atoms with E-state index in [0.29, 0.717) is 11.6 Å². The van der Waals surface area contributed by atoms with Crippen LogP contribution in [0.5, 0.6) is 0 Å². The molecule has 0 bridgehead atoms. The smallest absolute Gasteiger partial charge is 0.349 e. The molecule has 7 heteroatoms. The van der Waals surface area contributed by atoms with Crippen molar-refractivity contribution >= 4 is 23.6 Å². The first-order chi connectivity index (χ1) is 15.2. The van der Waals surface area contributed by atoms with Gasteiger partial charge in [0.15, 0.2) is 6.61 Å². The van der Waals surface area contributed by atoms with Crippen LogP contribution < -0.4 is 5.32 Å². The number of nitriles is 2. The average Bonchev–Trinajstić information content (AvgIpc) is 3.02. The van der Waals surface area contributed by atoms with Gasteiger partial charge in [0.1, 0.15) is 11.6 Å². The minimum Gasteiger partial charge on any atom is -0.451 e. The highest BCUT2D eigenvalue weighted by atomic mass is 16.5. The molecule has 166 valence electrons. The van der Waals surface area contributed by atoms with E-state index in [0.717, 1.165) is 35.5 Å². The third-order valence-corrected chi connectivity index (χ3v) is 5.04. The number of nitrogens with zero attached hydrogens (tertiary/aromatic N) is 3. The molecule has 32 heavy (non-hydrogen) atoms. The van der Waals surface area contributed by atoms with Crippen molar-refractivity contribution in [3.63, 3.8) is 0 Å². The minimum absolute atomic E-state index is 0.164. The largest absolute Gasteiger partial charge is 0.451 e. The van der Waals surface area contributed by atoms with Crippen molar-refractivity contribution in [1.82, 2.24) is 4.57 Å². The number of hydrogen-bond acceptors (Lipinski definition) is 5. The Hall–Kier alpha value is -3.84. The highest BCUT2D eigenvalue weighted by Gasteiger charge is 2.16. The van der Waals surface area contributed by atoms with Gasteiger partial charge in [-0.05, 0) is 61.6 Å². The molecule has 1 amide bonds. The summed E-state index contributed by atoms with van der Waals surface area (Å²) in [6.45, 7) is 8.64. The molecule has 1 N–H and O–H groups in total. The maximum absolute atomic E-state index is 12.3. The van der Waals surface area contributed by atoms with Crippen LogP contribution in [0.2, 0.25) is 0 Å². The predicted molar refractivity (Wildman–Crippen MR) is 122 cm³/mol. The van der Waals surface area contributed by atoms with Crippen LogP contribution in [0.4, 0.5) is 5.69 Å². The van der Waals surface area contributed by atoms with Crippen molar-refractivity contribution < 1.29 is 14.3 Å². The second-order valence-corrected chi connectivity index (χ2v) is 7.99. The molecule has 1 aromatic carbocycles. The van der Waals surface area contributed by atoms with Crippen LogP contribution in [0.25, 0.3) is 6.08 Å². The van der Waals surface area contributed by atoms with Crippen molar-refractivity contribution in [2.24, 2.45) is 5.92 Å². The van der Waals surface area contributed by atoms with Crippen LogP contribution in [-0.2, 0) is 27.3 Å². The number of benzene rings is 1. The number of amides is 1. The summed E-state index contributed by atoms with van der Waals surface area (Å²) < 4.78 is 7.20. The van der Waals surface area contributed by atoms with Gasteiger partial charge in [0, 0.05) is 23.6 Å². The van der Waals surface area contributed by atoms with Crippen molar-refractivity contribution in [3.05, 3.63) is 58.4 Å². The number of carbonyl (C=O) groups excluding carboxylic acids is 2. The fraction of sp³-hybridized carbons (Fsp3) is 0.360. The molecule has 0 atom stereocenters. The van der Waals surface area contributed by atoms with Crippen LogP contribution in [-0.4, -0.2) is 23.1 Å². The Morgan fingerprint density at radius 1 is 1.19 bits per heavy atom. The first-order valence-electron chi connectivity index (χ1n) is 10.5. The molecule has 0 radical (unpaired) electrons. The summed E-state index contributed by atoms with van der Waals surface area (Å²) in [6.07, 6.45) is 2.82. The molecular formula is C25H28N4O3. The fourth-order valence-electron chi connectivity index (χ4n) is 3.20. The molecule has 1 heterocycles. The number of carbonyl (C=O) groups is 2. The molecule has 0 aliphatic heterocycles. The quantitative estimate of drug-likeness (QED) is 0.361. The van der Waals surface area contributed by atoms with Crippen molar-refractivity contribution in [2.45, 2.75) is 47.1 Å². The van der Waals surface area contributed by atoms with E-state index in [1.54, 1.807) is 24.3 Å². The predicted octanol–water partition coefficient (Wildman–Crippen LogP) is 4.31. The first-order valence-corrected chi connectivity index (χ1v) is 10.5. The molecule has 0 saturated carbocycles. The third-order valence-electron chi connectivity index (χ3n) is 5.04. The van der Waals surface area contributed by atoms with Gasteiger partial charge in [0.25, 0.3) is 5.91 Å². The zero-order chi connectivity index (χ0) is 23.7. The van der Waals surface area contributed by atoms with Gasteiger partial charge in [-0.15, -0.1) is 0 Å². The zero-order valence-corrected chi connectivity index (χ0v) is 18.9. The molecule has 0 spiro atoms. The molecule has 0 aliphatic rings. The van der Waals surface area contributed by atoms with E-state index in [1.165, 1.54) is 6.08 Å². The lowest BCUT2D eigenvalue weighted by molar-refractivity contribution is -0.142. The van der Waals surface area contributed by atoms with Gasteiger partial charge in [-0.1, -0.05) is 26.0 Å². The minimum atomic E-state index is -0.848. The van der Waals surface area contributed by atoms with Gasteiger partial charge in [0.2, 0.25) is 0 Å². The summed E-state index contributed by atoms with van der Waals surface area (Å²) in [5.74, 6) is -0.795. The van der Waals surface area contributed by atoms with E-state index in [1.807, 2.05) is 26.0 Å². The molecule has 0 aliphatic carbocycles. The number of hydrogen-bond donors (Lipinski definition) is 1. The van der Waals surface area contributed by atoms with Gasteiger partial charge < -0.3 is 14.6 Å². The highest BCUT2D eigenvalue weighted by Crippen LogP contribution is 2.20. The molecule has 0 unspecified atom stereocenters. The Labute approximate surface area is 188 Å². The van der Waals surface area contributed by atoms with Gasteiger partial charge in [-0.25, -0.2) is 4.79 Å². The molecule has 0 saturated heterocycles. The number of aromatic nitrogens is 1. The molecule has 2 aromatic rings. The molecule has 2 rings (SSSR count). The summed E-state index contributed by atoms with van der Waals surface area (Å²) in [6, 6.07) is 12.7. The van der Waals surface area contributed by atoms with E-state index in [9.17, 15) is 14.9 Å². The van der Waals surface area contributed by atoms with E-state index >= 15 is 0 Å². The average molecular weight is 433 g/mol. The lowest BCUT2D eigenvalue weighted by Crippen LogP contribution is -2.21. The Bertz CT molecular complexity index is 1080. The van der Waals surface area contributed by atoms with E-state index in [4.69, 9.17) is 10.00 Å². The van der Waals surface area contributed by atoms with Crippen LogP contribution in [0.3, 0.4) is 0 Å². The number of esters is 1. The second-order valence-electron chi connectivity index (χ2n) is 7.99. The van der Waals surface area contributed by atoms with Crippen LogP contribution >= 0.6 is 0 Å². The summed E-state index contributed by atoms with van der Waals surface area (Å²) in [5.41, 5.74) is 4.01. The Balaban J connectivity index is 2.00. The van der Waals surface area contributed by atoms with Gasteiger partial charge in [-0.3, -0.25) is 4.79 Å². The monoisotopic (exact) mass is 432 g/mol. The van der Waals surface area contributed by atoms with Crippen LogP contribution in [0.15, 0.2) is 35.9 Å². The molecule has 7 nitrogen and oxygen atoms in total. The normalized spacial score (nSPS) is 11.0. The first kappa shape index (κ1) is 24.4. The molecule has 1 aromatic heterocycles. The van der Waals surface area contributed by atoms with E-state index in [-0.39, 0.29) is 12.0 Å². The lowest BCUT2D eigenvalue weighted by Gasteiger charge is -2.11. The maximum Gasteiger partial charge on any atom is 0.349 e.